The molecule has 1 saturated heterocycles. The molecule has 0 radical (unpaired) electrons. The summed E-state index contributed by atoms with van der Waals surface area (Å²) in [6, 6.07) is -1.90. The van der Waals surface area contributed by atoms with Crippen LogP contribution in [0.2, 0.25) is 0 Å². The van der Waals surface area contributed by atoms with Gasteiger partial charge in [-0.3, -0.25) is 4.79 Å². The van der Waals surface area contributed by atoms with Gasteiger partial charge in [-0.1, -0.05) is 19.3 Å². The summed E-state index contributed by atoms with van der Waals surface area (Å²) in [7, 11) is 0. The van der Waals surface area contributed by atoms with Crippen LogP contribution in [0, 0.1) is 5.92 Å². The molecule has 1 aliphatic heterocycles. The van der Waals surface area contributed by atoms with Gasteiger partial charge in [-0.2, -0.15) is 0 Å². The number of amides is 3. The van der Waals surface area contributed by atoms with E-state index in [1.807, 2.05) is 0 Å². The van der Waals surface area contributed by atoms with E-state index in [-0.39, 0.29) is 11.8 Å². The summed E-state index contributed by atoms with van der Waals surface area (Å²) in [4.78, 5) is 36.7. The van der Waals surface area contributed by atoms with Crippen molar-refractivity contribution in [1.29, 1.82) is 0 Å². The lowest BCUT2D eigenvalue weighted by Gasteiger charge is -2.35. The second-order valence-electron chi connectivity index (χ2n) is 5.82. The van der Waals surface area contributed by atoms with E-state index in [2.05, 4.69) is 10.6 Å². The molecule has 1 aliphatic carbocycles. The molecule has 0 bridgehead atoms. The van der Waals surface area contributed by atoms with Gasteiger partial charge >= 0.3 is 12.0 Å². The summed E-state index contributed by atoms with van der Waals surface area (Å²) in [5.41, 5.74) is 0. The lowest BCUT2D eigenvalue weighted by Crippen LogP contribution is -2.60. The molecule has 21 heavy (non-hydrogen) atoms. The third-order valence-electron chi connectivity index (χ3n) is 4.43. The Labute approximate surface area is 124 Å². The van der Waals surface area contributed by atoms with Gasteiger partial charge < -0.3 is 20.6 Å². The molecule has 1 saturated carbocycles. The molecule has 2 rings (SSSR count). The van der Waals surface area contributed by atoms with Gasteiger partial charge in [0.25, 0.3) is 0 Å². The first-order chi connectivity index (χ1) is 10.0. The zero-order valence-corrected chi connectivity index (χ0v) is 12.3. The summed E-state index contributed by atoms with van der Waals surface area (Å²) in [6.07, 6.45) is 4.79. The number of nitrogens with one attached hydrogen (secondary N) is 2. The van der Waals surface area contributed by atoms with Crippen LogP contribution in [0.15, 0.2) is 0 Å². The van der Waals surface area contributed by atoms with E-state index in [4.69, 9.17) is 0 Å². The van der Waals surface area contributed by atoms with Gasteiger partial charge in [-0.15, -0.1) is 0 Å². The highest BCUT2D eigenvalue weighted by molar-refractivity contribution is 5.89. The highest BCUT2D eigenvalue weighted by atomic mass is 16.4. The SMILES string of the molecule is CC1C(=O)NCCN1C(=O)NC(C(=O)O)C1CCCCC1. The van der Waals surface area contributed by atoms with E-state index in [0.717, 1.165) is 32.1 Å². The number of aliphatic carboxylic acids is 1. The van der Waals surface area contributed by atoms with Crippen LogP contribution in [0.3, 0.4) is 0 Å². The Morgan fingerprint density at radius 2 is 2.00 bits per heavy atom. The van der Waals surface area contributed by atoms with Crippen molar-refractivity contribution < 1.29 is 19.5 Å². The maximum absolute atomic E-state index is 12.3. The number of hydrogen-bond donors (Lipinski definition) is 3. The third-order valence-corrected chi connectivity index (χ3v) is 4.43. The Morgan fingerprint density at radius 3 is 2.62 bits per heavy atom. The van der Waals surface area contributed by atoms with Gasteiger partial charge in [-0.25, -0.2) is 9.59 Å². The molecule has 0 aromatic heterocycles. The minimum absolute atomic E-state index is 0.0193. The predicted octanol–water partition coefficient (Wildman–Crippen LogP) is 0.550. The molecule has 3 amide bonds. The van der Waals surface area contributed by atoms with Crippen LogP contribution in [0.5, 0.6) is 0 Å². The average molecular weight is 297 g/mol. The van der Waals surface area contributed by atoms with Crippen molar-refractivity contribution in [2.24, 2.45) is 5.92 Å². The number of piperazine rings is 1. The fraction of sp³-hybridized carbons (Fsp3) is 0.786. The van der Waals surface area contributed by atoms with Crippen molar-refractivity contribution in [3.63, 3.8) is 0 Å². The average Bonchev–Trinajstić information content (AvgIpc) is 2.48. The van der Waals surface area contributed by atoms with Crippen LogP contribution in [0.4, 0.5) is 4.79 Å². The lowest BCUT2D eigenvalue weighted by molar-refractivity contribution is -0.141. The third kappa shape index (κ3) is 3.65. The molecule has 1 heterocycles. The van der Waals surface area contributed by atoms with Crippen molar-refractivity contribution in [2.45, 2.75) is 51.1 Å². The maximum Gasteiger partial charge on any atom is 0.326 e. The van der Waals surface area contributed by atoms with Gasteiger partial charge in [0.15, 0.2) is 0 Å². The fourth-order valence-corrected chi connectivity index (χ4v) is 3.12. The molecule has 0 spiro atoms. The monoisotopic (exact) mass is 297 g/mol. The largest absolute Gasteiger partial charge is 0.480 e. The number of carbonyl (C=O) groups is 3. The Kier molecular flexibility index (Phi) is 5.03. The summed E-state index contributed by atoms with van der Waals surface area (Å²) < 4.78 is 0. The summed E-state index contributed by atoms with van der Waals surface area (Å²) >= 11 is 0. The first-order valence-corrected chi connectivity index (χ1v) is 7.58. The smallest absolute Gasteiger partial charge is 0.326 e. The molecular weight excluding hydrogens is 274 g/mol. The summed E-state index contributed by atoms with van der Waals surface area (Å²) in [5.74, 6) is -1.22. The molecule has 118 valence electrons. The number of carboxylic acid groups (broad SMARTS) is 1. The molecule has 2 atom stereocenters. The van der Waals surface area contributed by atoms with Gasteiger partial charge in [0.05, 0.1) is 0 Å². The second kappa shape index (κ2) is 6.78. The zero-order chi connectivity index (χ0) is 15.4. The molecule has 2 unspecified atom stereocenters. The first kappa shape index (κ1) is 15.6. The van der Waals surface area contributed by atoms with Crippen LogP contribution in [0.25, 0.3) is 0 Å². The number of hydrogen-bond acceptors (Lipinski definition) is 3. The molecule has 7 nitrogen and oxygen atoms in total. The van der Waals surface area contributed by atoms with Gasteiger partial charge in [0.1, 0.15) is 12.1 Å². The molecule has 0 aromatic carbocycles. The van der Waals surface area contributed by atoms with Crippen LogP contribution in [-0.4, -0.2) is 53.1 Å². The Bertz CT molecular complexity index is 420. The lowest BCUT2D eigenvalue weighted by atomic mass is 9.84. The summed E-state index contributed by atoms with van der Waals surface area (Å²) in [6.45, 7) is 2.44. The van der Waals surface area contributed by atoms with Crippen molar-refractivity contribution in [2.75, 3.05) is 13.1 Å². The molecule has 3 N–H and O–H groups in total. The number of nitrogens with zero attached hydrogens (tertiary/aromatic N) is 1. The maximum atomic E-state index is 12.3. The van der Waals surface area contributed by atoms with Crippen LogP contribution >= 0.6 is 0 Å². The molecular formula is C14H23N3O4. The Hall–Kier alpha value is -1.79. The fourth-order valence-electron chi connectivity index (χ4n) is 3.12. The molecule has 7 heteroatoms. The van der Waals surface area contributed by atoms with Crippen LogP contribution in [0.1, 0.15) is 39.0 Å². The Balaban J connectivity index is 2.00. The molecule has 2 fully saturated rings. The van der Waals surface area contributed by atoms with Crippen molar-refractivity contribution >= 4 is 17.9 Å². The highest BCUT2D eigenvalue weighted by Gasteiger charge is 2.35. The van der Waals surface area contributed by atoms with Crippen molar-refractivity contribution in [1.82, 2.24) is 15.5 Å². The Morgan fingerprint density at radius 1 is 1.33 bits per heavy atom. The van der Waals surface area contributed by atoms with Crippen molar-refractivity contribution in [3.05, 3.63) is 0 Å². The van der Waals surface area contributed by atoms with Crippen molar-refractivity contribution in [3.8, 4) is 0 Å². The minimum Gasteiger partial charge on any atom is -0.480 e. The van der Waals surface area contributed by atoms with Crippen LogP contribution in [-0.2, 0) is 9.59 Å². The number of carbonyl (C=O) groups excluding carboxylic acids is 2. The quantitative estimate of drug-likeness (QED) is 0.708. The molecule has 0 aromatic rings. The topological polar surface area (TPSA) is 98.7 Å². The molecule has 2 aliphatic rings. The van der Waals surface area contributed by atoms with E-state index in [9.17, 15) is 19.5 Å². The van der Waals surface area contributed by atoms with Crippen LogP contribution < -0.4 is 10.6 Å². The van der Waals surface area contributed by atoms with E-state index < -0.39 is 24.1 Å². The number of carboxylic acids is 1. The normalized spacial score (nSPS) is 25.1. The van der Waals surface area contributed by atoms with E-state index in [1.54, 1.807) is 6.92 Å². The minimum atomic E-state index is -0.996. The van der Waals surface area contributed by atoms with E-state index in [1.165, 1.54) is 4.90 Å². The number of urea groups is 1. The first-order valence-electron chi connectivity index (χ1n) is 7.58. The number of rotatable bonds is 3. The van der Waals surface area contributed by atoms with Gasteiger partial charge in [-0.05, 0) is 25.7 Å². The van der Waals surface area contributed by atoms with E-state index >= 15 is 0 Å². The zero-order valence-electron chi connectivity index (χ0n) is 12.3. The standard InChI is InChI=1S/C14H23N3O4/c1-9-12(18)15-7-8-17(9)14(21)16-11(13(19)20)10-5-3-2-4-6-10/h9-11H,2-8H2,1H3,(H,15,18)(H,16,21)(H,19,20). The summed E-state index contributed by atoms with van der Waals surface area (Å²) in [5, 5.41) is 14.7. The van der Waals surface area contributed by atoms with E-state index in [0.29, 0.717) is 13.1 Å². The van der Waals surface area contributed by atoms with Gasteiger partial charge in [0, 0.05) is 13.1 Å². The predicted molar refractivity (Wildman–Crippen MR) is 75.7 cm³/mol. The highest BCUT2D eigenvalue weighted by Crippen LogP contribution is 2.26. The van der Waals surface area contributed by atoms with Gasteiger partial charge in [0.2, 0.25) is 5.91 Å². The second-order valence-corrected chi connectivity index (χ2v) is 5.82.